The van der Waals surface area contributed by atoms with Crippen molar-refractivity contribution >= 4 is 20.4 Å². The van der Waals surface area contributed by atoms with Crippen LogP contribution in [-0.4, -0.2) is 14.3 Å². The number of ether oxygens (including phenoxy) is 1. The van der Waals surface area contributed by atoms with Crippen molar-refractivity contribution in [2.75, 3.05) is 0 Å². The molecule has 2 aromatic rings. The van der Waals surface area contributed by atoms with E-state index in [9.17, 15) is 4.79 Å². The molecular weight excluding hydrogens is 448 g/mol. The van der Waals surface area contributed by atoms with E-state index in [2.05, 4.69) is 52.1 Å². The third kappa shape index (κ3) is 4.87. The van der Waals surface area contributed by atoms with E-state index in [1.807, 2.05) is 24.3 Å². The van der Waals surface area contributed by atoms with Crippen LogP contribution in [0, 0.1) is 17.8 Å². The molecule has 0 atom stereocenters. The lowest BCUT2D eigenvalue weighted by atomic mass is 9.48. The maximum Gasteiger partial charge on any atom is 0.342 e. The fraction of sp³-hybridized carbons (Fsp3) is 0.516. The number of esters is 1. The van der Waals surface area contributed by atoms with Crippen LogP contribution in [0.4, 0.5) is 0 Å². The Labute approximate surface area is 212 Å². The highest BCUT2D eigenvalue weighted by Gasteiger charge is 2.53. The number of carbonyl (C=O) groups is 1. The first-order valence-corrected chi connectivity index (χ1v) is 16.2. The van der Waals surface area contributed by atoms with Gasteiger partial charge in [0.2, 0.25) is 8.32 Å². The van der Waals surface area contributed by atoms with Crippen LogP contribution in [0.15, 0.2) is 54.8 Å². The Morgan fingerprint density at radius 3 is 2.11 bits per heavy atom. The van der Waals surface area contributed by atoms with Crippen molar-refractivity contribution in [1.82, 2.24) is 0 Å². The zero-order valence-corrected chi connectivity index (χ0v) is 23.0. The summed E-state index contributed by atoms with van der Waals surface area (Å²) in [5.41, 5.74) is 3.26. The van der Waals surface area contributed by atoms with Gasteiger partial charge in [-0.1, -0.05) is 51.1 Å². The molecular formula is C31H40O3Si. The fourth-order valence-electron chi connectivity index (χ4n) is 6.85. The lowest BCUT2D eigenvalue weighted by Gasteiger charge is -2.57. The van der Waals surface area contributed by atoms with Crippen LogP contribution >= 0.6 is 0 Å². The molecule has 0 amide bonds. The average Bonchev–Trinajstić information content (AvgIpc) is 2.78. The van der Waals surface area contributed by atoms with E-state index < -0.39 is 8.32 Å². The highest BCUT2D eigenvalue weighted by atomic mass is 28.4. The second-order valence-corrected chi connectivity index (χ2v) is 17.6. The highest BCUT2D eigenvalue weighted by molar-refractivity contribution is 6.74. The minimum atomic E-state index is -2.02. The first-order valence-electron chi connectivity index (χ1n) is 13.3. The Hall–Kier alpha value is -2.33. The van der Waals surface area contributed by atoms with Gasteiger partial charge in [0.25, 0.3) is 0 Å². The van der Waals surface area contributed by atoms with E-state index in [-0.39, 0.29) is 16.4 Å². The topological polar surface area (TPSA) is 35.5 Å². The Balaban J connectivity index is 1.44. The van der Waals surface area contributed by atoms with Gasteiger partial charge in [-0.25, -0.2) is 4.79 Å². The number of hydrogen-bond acceptors (Lipinski definition) is 3. The van der Waals surface area contributed by atoms with E-state index in [0.717, 1.165) is 29.1 Å². The molecule has 4 fully saturated rings. The van der Waals surface area contributed by atoms with Crippen LogP contribution in [0.2, 0.25) is 18.1 Å². The molecule has 0 radical (unpaired) electrons. The van der Waals surface area contributed by atoms with Crippen LogP contribution in [0.1, 0.15) is 80.8 Å². The molecule has 0 aliphatic heterocycles. The second kappa shape index (κ2) is 8.96. The quantitative estimate of drug-likeness (QED) is 0.233. The summed E-state index contributed by atoms with van der Waals surface area (Å²) in [7, 11) is -2.02. The predicted octanol–water partition coefficient (Wildman–Crippen LogP) is 8.37. The van der Waals surface area contributed by atoms with E-state index in [1.54, 1.807) is 12.1 Å². The Kier molecular flexibility index (Phi) is 6.23. The van der Waals surface area contributed by atoms with Gasteiger partial charge < -0.3 is 9.16 Å². The molecule has 0 unspecified atom stereocenters. The Morgan fingerprint density at radius 2 is 1.54 bits per heavy atom. The molecule has 0 N–H and O–H groups in total. The lowest BCUT2D eigenvalue weighted by molar-refractivity contribution is -0.00586. The summed E-state index contributed by atoms with van der Waals surface area (Å²) in [6.07, 6.45) is 11.6. The van der Waals surface area contributed by atoms with Crippen molar-refractivity contribution in [2.45, 2.75) is 82.8 Å². The number of hydrogen-bond donors (Lipinski definition) is 0. The van der Waals surface area contributed by atoms with Gasteiger partial charge in [-0.05, 0) is 115 Å². The normalized spacial score (nSPS) is 27.9. The number of benzene rings is 2. The minimum absolute atomic E-state index is 0.128. The summed E-state index contributed by atoms with van der Waals surface area (Å²) in [6.45, 7) is 11.6. The van der Waals surface area contributed by atoms with Gasteiger partial charge in [0, 0.05) is 0 Å². The SMILES string of the molecule is CC(C)(C)[Si](C)(C)Oc1cc(C=COC(=O)c2ccccc2)ccc1C12CC3CC(CC(C3)C1)C2. The fourth-order valence-corrected chi connectivity index (χ4v) is 7.88. The van der Waals surface area contributed by atoms with Crippen LogP contribution in [0.25, 0.3) is 6.08 Å². The molecule has 0 aromatic heterocycles. The largest absolute Gasteiger partial charge is 0.543 e. The summed E-state index contributed by atoms with van der Waals surface area (Å²) in [5, 5.41) is 0.128. The molecule has 186 valence electrons. The third-order valence-electron chi connectivity index (χ3n) is 9.23. The van der Waals surface area contributed by atoms with Gasteiger partial charge in [0.05, 0.1) is 11.8 Å². The van der Waals surface area contributed by atoms with Crippen molar-refractivity contribution in [3.63, 3.8) is 0 Å². The van der Waals surface area contributed by atoms with Gasteiger partial charge in [-0.2, -0.15) is 0 Å². The van der Waals surface area contributed by atoms with Gasteiger partial charge in [-0.15, -0.1) is 0 Å². The Bertz CT molecular complexity index is 1070. The lowest BCUT2D eigenvalue weighted by Crippen LogP contribution is -2.49. The monoisotopic (exact) mass is 488 g/mol. The van der Waals surface area contributed by atoms with E-state index >= 15 is 0 Å². The maximum absolute atomic E-state index is 12.3. The van der Waals surface area contributed by atoms with E-state index in [0.29, 0.717) is 5.56 Å². The summed E-state index contributed by atoms with van der Waals surface area (Å²) < 4.78 is 12.4. The highest BCUT2D eigenvalue weighted by Crippen LogP contribution is 2.62. The van der Waals surface area contributed by atoms with E-state index in [1.165, 1.54) is 50.4 Å². The molecule has 4 heteroatoms. The zero-order valence-electron chi connectivity index (χ0n) is 22.0. The minimum Gasteiger partial charge on any atom is -0.543 e. The summed E-state index contributed by atoms with van der Waals surface area (Å²) in [6, 6.07) is 15.8. The van der Waals surface area contributed by atoms with Crippen LogP contribution in [0.5, 0.6) is 5.75 Å². The summed E-state index contributed by atoms with van der Waals surface area (Å²) >= 11 is 0. The van der Waals surface area contributed by atoms with Crippen LogP contribution in [0.3, 0.4) is 0 Å². The molecule has 0 spiro atoms. The summed E-state index contributed by atoms with van der Waals surface area (Å²) in [5.74, 6) is 3.39. The van der Waals surface area contributed by atoms with Gasteiger partial charge in [0.1, 0.15) is 5.75 Å². The van der Waals surface area contributed by atoms with Gasteiger partial charge in [0.15, 0.2) is 0 Å². The molecule has 35 heavy (non-hydrogen) atoms. The molecule has 2 aromatic carbocycles. The van der Waals surface area contributed by atoms with Gasteiger partial charge in [-0.3, -0.25) is 0 Å². The molecule has 0 heterocycles. The second-order valence-electron chi connectivity index (χ2n) is 12.9. The molecule has 0 saturated heterocycles. The third-order valence-corrected chi connectivity index (χ3v) is 13.6. The van der Waals surface area contributed by atoms with Crippen molar-refractivity contribution in [1.29, 1.82) is 0 Å². The predicted molar refractivity (Wildman–Crippen MR) is 145 cm³/mol. The van der Waals surface area contributed by atoms with Gasteiger partial charge >= 0.3 is 5.97 Å². The maximum atomic E-state index is 12.3. The number of carbonyl (C=O) groups excluding carboxylic acids is 1. The molecule has 6 rings (SSSR count). The van der Waals surface area contributed by atoms with Crippen LogP contribution < -0.4 is 4.43 Å². The smallest absolute Gasteiger partial charge is 0.342 e. The zero-order chi connectivity index (χ0) is 24.8. The standard InChI is InChI=1S/C31H40O3Si/c1-30(2,3)35(4,5)34-28-18-22(13-14-33-29(32)26-9-7-6-8-10-26)11-12-27(28)31-19-23-15-24(20-31)17-25(16-23)21-31/h6-14,18,23-25H,15-17,19-21H2,1-5H3. The first kappa shape index (κ1) is 24.4. The average molecular weight is 489 g/mol. The van der Waals surface area contributed by atoms with Crippen molar-refractivity contribution in [3.05, 3.63) is 71.5 Å². The van der Waals surface area contributed by atoms with Crippen LogP contribution in [-0.2, 0) is 10.2 Å². The Morgan fingerprint density at radius 1 is 0.943 bits per heavy atom. The molecule has 4 aliphatic carbocycles. The molecule has 4 aliphatic rings. The van der Waals surface area contributed by atoms with Crippen molar-refractivity contribution in [2.24, 2.45) is 17.8 Å². The van der Waals surface area contributed by atoms with E-state index in [4.69, 9.17) is 9.16 Å². The first-order chi connectivity index (χ1) is 16.5. The van der Waals surface area contributed by atoms with Crippen molar-refractivity contribution < 1.29 is 14.0 Å². The molecule has 4 saturated carbocycles. The number of rotatable bonds is 6. The van der Waals surface area contributed by atoms with Crippen molar-refractivity contribution in [3.8, 4) is 5.75 Å². The summed E-state index contributed by atoms with van der Waals surface area (Å²) in [4.78, 5) is 12.3. The molecule has 3 nitrogen and oxygen atoms in total. The molecule has 4 bridgehead atoms.